The van der Waals surface area contributed by atoms with Gasteiger partial charge in [-0.3, -0.25) is 9.59 Å². The van der Waals surface area contributed by atoms with Crippen molar-refractivity contribution in [3.8, 4) is 11.8 Å². The molecule has 132 valence electrons. The summed E-state index contributed by atoms with van der Waals surface area (Å²) in [5.41, 5.74) is 0. The molecule has 0 amide bonds. The maximum absolute atomic E-state index is 11.8. The van der Waals surface area contributed by atoms with E-state index in [9.17, 15) is 9.59 Å². The fourth-order valence-corrected chi connectivity index (χ4v) is 2.04. The highest BCUT2D eigenvalue weighted by molar-refractivity contribution is 5.77. The summed E-state index contributed by atoms with van der Waals surface area (Å²) >= 11 is 0. The van der Waals surface area contributed by atoms with E-state index in [-0.39, 0.29) is 42.9 Å². The molecular formula is C19H32O4. The van der Waals surface area contributed by atoms with E-state index >= 15 is 0 Å². The molecule has 0 N–H and O–H groups in total. The van der Waals surface area contributed by atoms with Crippen LogP contribution in [0.3, 0.4) is 0 Å². The predicted octanol–water partition coefficient (Wildman–Crippen LogP) is 4.26. The average Bonchev–Trinajstić information content (AvgIpc) is 2.53. The fraction of sp³-hybridized carbons (Fsp3) is 0.789. The Labute approximate surface area is 141 Å². The number of ether oxygens (including phenoxy) is 2. The standard InChI is InChI=1S/C19H32O4/c1-6-9-10-11-12-16(7-2)22-18(20)13-14-19(21)23-17(8-3)15(4)5/h15-17H,6-9,12-14H2,1-5H3. The van der Waals surface area contributed by atoms with Gasteiger partial charge in [0.1, 0.15) is 12.2 Å². The van der Waals surface area contributed by atoms with Crippen LogP contribution in [-0.2, 0) is 19.1 Å². The Morgan fingerprint density at radius 1 is 0.913 bits per heavy atom. The van der Waals surface area contributed by atoms with Crippen LogP contribution < -0.4 is 0 Å². The van der Waals surface area contributed by atoms with Gasteiger partial charge in [0.05, 0.1) is 12.8 Å². The molecule has 4 nitrogen and oxygen atoms in total. The fourth-order valence-electron chi connectivity index (χ4n) is 2.04. The molecule has 0 bridgehead atoms. The molecule has 0 rings (SSSR count). The van der Waals surface area contributed by atoms with E-state index in [1.165, 1.54) is 0 Å². The molecule has 0 aliphatic rings. The summed E-state index contributed by atoms with van der Waals surface area (Å²) in [6.45, 7) is 10.1. The molecule has 0 heterocycles. The SMILES string of the molecule is CCCC#CCC(CC)OC(=O)CCC(=O)OC(CC)C(C)C. The zero-order valence-corrected chi connectivity index (χ0v) is 15.3. The summed E-state index contributed by atoms with van der Waals surface area (Å²) in [6.07, 6.45) is 3.80. The van der Waals surface area contributed by atoms with Crippen molar-refractivity contribution in [2.24, 2.45) is 5.92 Å². The second-order valence-electron chi connectivity index (χ2n) is 6.01. The quantitative estimate of drug-likeness (QED) is 0.445. The minimum Gasteiger partial charge on any atom is -0.462 e. The van der Waals surface area contributed by atoms with Crippen LogP contribution in [0.5, 0.6) is 0 Å². The van der Waals surface area contributed by atoms with Crippen molar-refractivity contribution in [2.45, 2.75) is 91.8 Å². The first kappa shape index (κ1) is 21.5. The summed E-state index contributed by atoms with van der Waals surface area (Å²) < 4.78 is 10.7. The lowest BCUT2D eigenvalue weighted by atomic mass is 10.1. The first-order valence-electron chi connectivity index (χ1n) is 8.79. The maximum atomic E-state index is 11.8. The molecule has 0 aromatic carbocycles. The molecule has 0 aliphatic heterocycles. The number of unbranched alkanes of at least 4 members (excludes halogenated alkanes) is 1. The van der Waals surface area contributed by atoms with Gasteiger partial charge >= 0.3 is 11.9 Å². The van der Waals surface area contributed by atoms with Crippen molar-refractivity contribution in [3.63, 3.8) is 0 Å². The van der Waals surface area contributed by atoms with Crippen LogP contribution in [0.2, 0.25) is 0 Å². The molecule has 23 heavy (non-hydrogen) atoms. The number of hydrogen-bond donors (Lipinski definition) is 0. The molecule has 0 aromatic rings. The van der Waals surface area contributed by atoms with Gasteiger partial charge in [0.25, 0.3) is 0 Å². The van der Waals surface area contributed by atoms with E-state index in [1.807, 2.05) is 27.7 Å². The first-order valence-corrected chi connectivity index (χ1v) is 8.79. The van der Waals surface area contributed by atoms with Crippen LogP contribution in [0.1, 0.15) is 79.6 Å². The maximum Gasteiger partial charge on any atom is 0.306 e. The molecule has 2 atom stereocenters. The van der Waals surface area contributed by atoms with Crippen LogP contribution in [0.25, 0.3) is 0 Å². The zero-order valence-electron chi connectivity index (χ0n) is 15.3. The molecule has 0 aliphatic carbocycles. The highest BCUT2D eigenvalue weighted by atomic mass is 16.6. The van der Waals surface area contributed by atoms with Gasteiger partial charge in [0.15, 0.2) is 0 Å². The number of hydrogen-bond acceptors (Lipinski definition) is 4. The Morgan fingerprint density at radius 3 is 2.00 bits per heavy atom. The van der Waals surface area contributed by atoms with Gasteiger partial charge in [-0.1, -0.05) is 40.5 Å². The van der Waals surface area contributed by atoms with E-state index in [4.69, 9.17) is 9.47 Å². The van der Waals surface area contributed by atoms with Crippen LogP contribution in [0.4, 0.5) is 0 Å². The predicted molar refractivity (Wildman–Crippen MR) is 91.7 cm³/mol. The van der Waals surface area contributed by atoms with Gasteiger partial charge in [0, 0.05) is 12.8 Å². The first-order chi connectivity index (χ1) is 10.9. The van der Waals surface area contributed by atoms with Crippen LogP contribution in [-0.4, -0.2) is 24.1 Å². The summed E-state index contributed by atoms with van der Waals surface area (Å²) in [6, 6.07) is 0. The Balaban J connectivity index is 4.13. The largest absolute Gasteiger partial charge is 0.462 e. The Morgan fingerprint density at radius 2 is 1.52 bits per heavy atom. The van der Waals surface area contributed by atoms with E-state index in [0.29, 0.717) is 6.42 Å². The summed E-state index contributed by atoms with van der Waals surface area (Å²) in [5, 5.41) is 0. The van der Waals surface area contributed by atoms with Crippen molar-refractivity contribution in [2.75, 3.05) is 0 Å². The van der Waals surface area contributed by atoms with Crippen molar-refractivity contribution >= 4 is 11.9 Å². The zero-order chi connectivity index (χ0) is 17.7. The van der Waals surface area contributed by atoms with Crippen molar-refractivity contribution in [1.29, 1.82) is 0 Å². The number of rotatable bonds is 10. The number of esters is 2. The van der Waals surface area contributed by atoms with E-state index in [1.54, 1.807) is 0 Å². The minimum absolute atomic E-state index is 0.0618. The lowest BCUT2D eigenvalue weighted by molar-refractivity contribution is -0.157. The second-order valence-corrected chi connectivity index (χ2v) is 6.01. The molecular weight excluding hydrogens is 292 g/mol. The molecule has 2 unspecified atom stereocenters. The lowest BCUT2D eigenvalue weighted by Crippen LogP contribution is -2.24. The van der Waals surface area contributed by atoms with Crippen LogP contribution in [0.15, 0.2) is 0 Å². The summed E-state index contributed by atoms with van der Waals surface area (Å²) in [4.78, 5) is 23.6. The topological polar surface area (TPSA) is 52.6 Å². The van der Waals surface area contributed by atoms with Gasteiger partial charge < -0.3 is 9.47 Å². The molecule has 4 heteroatoms. The highest BCUT2D eigenvalue weighted by Crippen LogP contribution is 2.12. The van der Waals surface area contributed by atoms with Crippen molar-refractivity contribution in [1.82, 2.24) is 0 Å². The average molecular weight is 324 g/mol. The number of carbonyl (C=O) groups is 2. The smallest absolute Gasteiger partial charge is 0.306 e. The summed E-state index contributed by atoms with van der Waals surface area (Å²) in [7, 11) is 0. The Bertz CT molecular complexity index is 403. The van der Waals surface area contributed by atoms with Gasteiger partial charge in [-0.05, 0) is 25.2 Å². The normalized spacial score (nSPS) is 13.0. The van der Waals surface area contributed by atoms with E-state index < -0.39 is 0 Å². The van der Waals surface area contributed by atoms with Crippen LogP contribution in [0, 0.1) is 17.8 Å². The van der Waals surface area contributed by atoms with Gasteiger partial charge in [-0.25, -0.2) is 0 Å². The lowest BCUT2D eigenvalue weighted by Gasteiger charge is -2.19. The molecule has 0 spiro atoms. The molecule has 0 fully saturated rings. The monoisotopic (exact) mass is 324 g/mol. The van der Waals surface area contributed by atoms with E-state index in [2.05, 4.69) is 18.8 Å². The highest BCUT2D eigenvalue weighted by Gasteiger charge is 2.18. The van der Waals surface area contributed by atoms with Crippen molar-refractivity contribution in [3.05, 3.63) is 0 Å². The van der Waals surface area contributed by atoms with Gasteiger partial charge in [-0.2, -0.15) is 0 Å². The third-order valence-electron chi connectivity index (χ3n) is 3.55. The van der Waals surface area contributed by atoms with Gasteiger partial charge in [0.2, 0.25) is 0 Å². The third-order valence-corrected chi connectivity index (χ3v) is 3.55. The second kappa shape index (κ2) is 13.0. The molecule has 0 saturated heterocycles. The molecule has 0 aromatic heterocycles. The summed E-state index contributed by atoms with van der Waals surface area (Å²) in [5.74, 6) is 5.67. The number of carbonyl (C=O) groups excluding carboxylic acids is 2. The van der Waals surface area contributed by atoms with Gasteiger partial charge in [-0.15, -0.1) is 5.92 Å². The Hall–Kier alpha value is -1.50. The minimum atomic E-state index is -0.358. The Kier molecular flexibility index (Phi) is 12.1. The molecule has 0 saturated carbocycles. The van der Waals surface area contributed by atoms with Crippen molar-refractivity contribution < 1.29 is 19.1 Å². The third kappa shape index (κ3) is 10.8. The van der Waals surface area contributed by atoms with E-state index in [0.717, 1.165) is 25.7 Å². The molecule has 0 radical (unpaired) electrons. The van der Waals surface area contributed by atoms with Crippen LogP contribution >= 0.6 is 0 Å².